The summed E-state index contributed by atoms with van der Waals surface area (Å²) in [4.78, 5) is 32.5. The highest BCUT2D eigenvalue weighted by atomic mass is 35.5. The van der Waals surface area contributed by atoms with Crippen molar-refractivity contribution in [3.63, 3.8) is 0 Å². The highest BCUT2D eigenvalue weighted by Gasteiger charge is 2.48. The number of Topliss-reactive ketones (excluding diaryl/α,β-unsaturated/α-hetero) is 1. The van der Waals surface area contributed by atoms with Crippen molar-refractivity contribution in [3.05, 3.63) is 93.3 Å². The quantitative estimate of drug-likeness (QED) is 0.323. The molecule has 3 aromatic rings. The molecule has 168 valence electrons. The highest BCUT2D eigenvalue weighted by Crippen LogP contribution is 2.44. The number of nitrogens with zero attached hydrogens (tertiary/aromatic N) is 2. The van der Waals surface area contributed by atoms with E-state index in [0.29, 0.717) is 11.4 Å². The van der Waals surface area contributed by atoms with Crippen molar-refractivity contribution in [2.75, 3.05) is 12.0 Å². The number of carbonyl (C=O) groups excluding carboxylic acids is 2. The van der Waals surface area contributed by atoms with Crippen molar-refractivity contribution in [1.29, 1.82) is 0 Å². The lowest BCUT2D eigenvalue weighted by atomic mass is 9.96. The van der Waals surface area contributed by atoms with Crippen molar-refractivity contribution in [3.8, 4) is 5.75 Å². The number of aliphatic hydroxyl groups is 1. The maximum Gasteiger partial charge on any atom is 0.300 e. The number of amides is 1. The van der Waals surface area contributed by atoms with Crippen LogP contribution in [0, 0.1) is 20.8 Å². The van der Waals surface area contributed by atoms with Gasteiger partial charge in [0.15, 0.2) is 0 Å². The van der Waals surface area contributed by atoms with Crippen LogP contribution in [-0.4, -0.2) is 28.9 Å². The van der Waals surface area contributed by atoms with Gasteiger partial charge in [0.05, 0.1) is 29.0 Å². The molecule has 0 aliphatic carbocycles. The first-order valence-electron chi connectivity index (χ1n) is 10.4. The standard InChI is InChI=1S/C26H23ClN2O4/c1-14-8-9-16(3)20(13-14)29-22(19-7-5-6-10-28-19)21(24(31)26(29)32)23(30)17-11-15(2)12-18(27)25(17)33-4/h5-13,22,30H,1-4H3/b23-21+. The number of ether oxygens (including phenoxy) is 1. The Kier molecular flexibility index (Phi) is 5.95. The van der Waals surface area contributed by atoms with Gasteiger partial charge < -0.3 is 9.84 Å². The van der Waals surface area contributed by atoms with Crippen LogP contribution in [0.3, 0.4) is 0 Å². The number of carbonyl (C=O) groups is 2. The Morgan fingerprint density at radius 2 is 1.82 bits per heavy atom. The van der Waals surface area contributed by atoms with E-state index >= 15 is 0 Å². The lowest BCUT2D eigenvalue weighted by Crippen LogP contribution is -2.30. The van der Waals surface area contributed by atoms with Crippen LogP contribution in [-0.2, 0) is 9.59 Å². The van der Waals surface area contributed by atoms with Crippen LogP contribution in [0.1, 0.15) is 34.0 Å². The average Bonchev–Trinajstić information content (AvgIpc) is 3.05. The number of rotatable bonds is 4. The van der Waals surface area contributed by atoms with Gasteiger partial charge in [0, 0.05) is 11.9 Å². The zero-order valence-electron chi connectivity index (χ0n) is 18.7. The summed E-state index contributed by atoms with van der Waals surface area (Å²) >= 11 is 6.33. The third-order valence-corrected chi connectivity index (χ3v) is 5.96. The third kappa shape index (κ3) is 3.87. The zero-order valence-corrected chi connectivity index (χ0v) is 19.5. The topological polar surface area (TPSA) is 79.7 Å². The van der Waals surface area contributed by atoms with Crippen molar-refractivity contribution < 1.29 is 19.4 Å². The molecule has 1 N–H and O–H groups in total. The maximum absolute atomic E-state index is 13.3. The maximum atomic E-state index is 13.3. The van der Waals surface area contributed by atoms with Gasteiger partial charge in [0.25, 0.3) is 11.7 Å². The number of anilines is 1. The Morgan fingerprint density at radius 1 is 1.06 bits per heavy atom. The van der Waals surface area contributed by atoms with E-state index in [-0.39, 0.29) is 27.7 Å². The van der Waals surface area contributed by atoms with E-state index in [1.54, 1.807) is 36.5 Å². The summed E-state index contributed by atoms with van der Waals surface area (Å²) in [6.07, 6.45) is 1.59. The zero-order chi connectivity index (χ0) is 23.9. The second kappa shape index (κ2) is 8.71. The molecular weight excluding hydrogens is 440 g/mol. The number of benzene rings is 2. The van der Waals surface area contributed by atoms with Crippen LogP contribution in [0.2, 0.25) is 5.02 Å². The summed E-state index contributed by atoms with van der Waals surface area (Å²) in [7, 11) is 1.43. The number of pyridine rings is 1. The number of aromatic nitrogens is 1. The van der Waals surface area contributed by atoms with Gasteiger partial charge in [-0.2, -0.15) is 0 Å². The monoisotopic (exact) mass is 462 g/mol. The van der Waals surface area contributed by atoms with Gasteiger partial charge in [-0.3, -0.25) is 19.5 Å². The van der Waals surface area contributed by atoms with E-state index in [9.17, 15) is 14.7 Å². The minimum Gasteiger partial charge on any atom is -0.507 e. The molecule has 33 heavy (non-hydrogen) atoms. The number of ketones is 1. The van der Waals surface area contributed by atoms with Gasteiger partial charge in [-0.05, 0) is 67.8 Å². The molecule has 0 radical (unpaired) electrons. The molecule has 0 saturated carbocycles. The van der Waals surface area contributed by atoms with Crippen LogP contribution in [0.25, 0.3) is 5.76 Å². The van der Waals surface area contributed by atoms with Crippen LogP contribution in [0.15, 0.2) is 60.3 Å². The highest BCUT2D eigenvalue weighted by molar-refractivity contribution is 6.51. The summed E-state index contributed by atoms with van der Waals surface area (Å²) in [5, 5.41) is 11.7. The van der Waals surface area contributed by atoms with Crippen LogP contribution >= 0.6 is 11.6 Å². The van der Waals surface area contributed by atoms with Gasteiger partial charge in [-0.1, -0.05) is 29.8 Å². The number of aliphatic hydroxyl groups excluding tert-OH is 1. The van der Waals surface area contributed by atoms with E-state index in [1.165, 1.54) is 12.0 Å². The van der Waals surface area contributed by atoms with Crippen LogP contribution < -0.4 is 9.64 Å². The third-order valence-electron chi connectivity index (χ3n) is 5.68. The van der Waals surface area contributed by atoms with Crippen molar-refractivity contribution in [2.24, 2.45) is 0 Å². The Morgan fingerprint density at radius 3 is 2.48 bits per heavy atom. The largest absolute Gasteiger partial charge is 0.507 e. The fourth-order valence-corrected chi connectivity index (χ4v) is 4.49. The molecule has 1 atom stereocenters. The number of hydrogen-bond donors (Lipinski definition) is 1. The van der Waals surface area contributed by atoms with Gasteiger partial charge in [-0.15, -0.1) is 0 Å². The molecule has 1 unspecified atom stereocenters. The van der Waals surface area contributed by atoms with Crippen molar-refractivity contribution in [1.82, 2.24) is 4.98 Å². The summed E-state index contributed by atoms with van der Waals surface area (Å²) in [5.74, 6) is -1.68. The lowest BCUT2D eigenvalue weighted by Gasteiger charge is -2.26. The molecule has 1 saturated heterocycles. The molecule has 0 bridgehead atoms. The van der Waals surface area contributed by atoms with Crippen LogP contribution in [0.5, 0.6) is 5.75 Å². The van der Waals surface area contributed by atoms with Gasteiger partial charge in [0.1, 0.15) is 17.6 Å². The smallest absolute Gasteiger partial charge is 0.300 e. The summed E-state index contributed by atoms with van der Waals surface area (Å²) in [6.45, 7) is 5.59. The number of halogens is 1. The lowest BCUT2D eigenvalue weighted by molar-refractivity contribution is -0.132. The molecule has 1 fully saturated rings. The molecule has 2 heterocycles. The minimum atomic E-state index is -0.921. The molecule has 1 aliphatic heterocycles. The van der Waals surface area contributed by atoms with Gasteiger partial charge >= 0.3 is 0 Å². The second-order valence-corrected chi connectivity index (χ2v) is 8.45. The molecule has 7 heteroatoms. The summed E-state index contributed by atoms with van der Waals surface area (Å²) in [5.41, 5.74) is 3.73. The molecule has 2 aromatic carbocycles. The number of aryl methyl sites for hydroxylation is 3. The first-order chi connectivity index (χ1) is 15.7. The number of hydrogen-bond acceptors (Lipinski definition) is 5. The molecule has 4 rings (SSSR count). The first-order valence-corrected chi connectivity index (χ1v) is 10.8. The Bertz CT molecular complexity index is 1300. The Hall–Kier alpha value is -3.64. The fourth-order valence-electron chi connectivity index (χ4n) is 4.13. The first kappa shape index (κ1) is 22.6. The molecule has 1 amide bonds. The number of methoxy groups -OCH3 is 1. The van der Waals surface area contributed by atoms with Crippen LogP contribution in [0.4, 0.5) is 5.69 Å². The molecule has 0 spiro atoms. The molecule has 1 aromatic heterocycles. The predicted octanol–water partition coefficient (Wildman–Crippen LogP) is 5.30. The minimum absolute atomic E-state index is 0.0698. The van der Waals surface area contributed by atoms with E-state index in [0.717, 1.165) is 16.7 Å². The fraction of sp³-hybridized carbons (Fsp3) is 0.192. The van der Waals surface area contributed by atoms with Crippen molar-refractivity contribution >= 4 is 34.7 Å². The SMILES string of the molecule is COc1c(Cl)cc(C)cc1/C(O)=C1\C(=O)C(=O)N(c2cc(C)ccc2C)C1c1ccccn1. The van der Waals surface area contributed by atoms with E-state index < -0.39 is 17.7 Å². The average molecular weight is 463 g/mol. The molecular formula is C26H23ClN2O4. The molecule has 6 nitrogen and oxygen atoms in total. The second-order valence-electron chi connectivity index (χ2n) is 8.04. The normalized spacial score (nSPS) is 17.5. The summed E-state index contributed by atoms with van der Waals surface area (Å²) < 4.78 is 5.41. The Labute approximate surface area is 197 Å². The van der Waals surface area contributed by atoms with E-state index in [1.807, 2.05) is 39.0 Å². The summed E-state index contributed by atoms with van der Waals surface area (Å²) in [6, 6.07) is 13.4. The van der Waals surface area contributed by atoms with E-state index in [4.69, 9.17) is 16.3 Å². The van der Waals surface area contributed by atoms with Gasteiger partial charge in [-0.25, -0.2) is 0 Å². The Balaban J connectivity index is 2.03. The van der Waals surface area contributed by atoms with E-state index in [2.05, 4.69) is 4.98 Å². The van der Waals surface area contributed by atoms with Crippen molar-refractivity contribution in [2.45, 2.75) is 26.8 Å². The molecule has 1 aliphatic rings. The predicted molar refractivity (Wildman–Crippen MR) is 128 cm³/mol. The van der Waals surface area contributed by atoms with Gasteiger partial charge in [0.2, 0.25) is 0 Å².